The van der Waals surface area contributed by atoms with Gasteiger partial charge in [-0.05, 0) is 12.1 Å². The molecule has 1 aromatic heterocycles. The molecule has 0 amide bonds. The van der Waals surface area contributed by atoms with Crippen molar-refractivity contribution in [1.29, 1.82) is 0 Å². The zero-order valence-electron chi connectivity index (χ0n) is 7.62. The molecule has 0 spiro atoms. The molecular weight excluding hydrogens is 244 g/mol. The van der Waals surface area contributed by atoms with E-state index in [1.54, 1.807) is 0 Å². The van der Waals surface area contributed by atoms with Crippen LogP contribution in [0.5, 0.6) is 0 Å². The number of oxazole rings is 1. The molecule has 1 heterocycles. The van der Waals surface area contributed by atoms with Gasteiger partial charge in [0.2, 0.25) is 5.88 Å². The van der Waals surface area contributed by atoms with Gasteiger partial charge in [0, 0.05) is 17.1 Å². The third kappa shape index (κ3) is 1.65. The molecule has 2 rings (SSSR count). The van der Waals surface area contributed by atoms with E-state index in [9.17, 15) is 0 Å². The zero-order valence-corrected chi connectivity index (χ0v) is 9.21. The van der Waals surface area contributed by atoms with Gasteiger partial charge in [0.1, 0.15) is 5.69 Å². The van der Waals surface area contributed by atoms with Crippen molar-refractivity contribution in [2.75, 3.05) is 12.4 Å². The fourth-order valence-corrected chi connectivity index (χ4v) is 1.50. The molecule has 3 nitrogen and oxygen atoms in total. The van der Waals surface area contributed by atoms with E-state index in [1.807, 2.05) is 31.3 Å². The summed E-state index contributed by atoms with van der Waals surface area (Å²) in [5.41, 5.74) is 1.87. The van der Waals surface area contributed by atoms with Crippen molar-refractivity contribution >= 4 is 21.8 Å². The second-order valence-electron chi connectivity index (χ2n) is 2.79. The summed E-state index contributed by atoms with van der Waals surface area (Å²) in [5.74, 6) is 0.687. The molecule has 0 radical (unpaired) electrons. The predicted octanol–water partition coefficient (Wildman–Crippen LogP) is 3.15. The molecule has 2 aromatic rings. The lowest BCUT2D eigenvalue weighted by Crippen LogP contribution is -1.88. The number of aromatic nitrogens is 1. The largest absolute Gasteiger partial charge is 0.427 e. The van der Waals surface area contributed by atoms with E-state index in [1.165, 1.54) is 6.39 Å². The summed E-state index contributed by atoms with van der Waals surface area (Å²) < 4.78 is 6.22. The van der Waals surface area contributed by atoms with Crippen LogP contribution in [0.25, 0.3) is 11.3 Å². The van der Waals surface area contributed by atoms with Crippen LogP contribution in [0, 0.1) is 0 Å². The van der Waals surface area contributed by atoms with E-state index in [4.69, 9.17) is 4.42 Å². The van der Waals surface area contributed by atoms with Crippen LogP contribution < -0.4 is 5.32 Å². The lowest BCUT2D eigenvalue weighted by Gasteiger charge is -1.99. The van der Waals surface area contributed by atoms with Crippen LogP contribution in [-0.2, 0) is 0 Å². The van der Waals surface area contributed by atoms with Crippen LogP contribution in [0.1, 0.15) is 0 Å². The van der Waals surface area contributed by atoms with Gasteiger partial charge < -0.3 is 9.73 Å². The van der Waals surface area contributed by atoms with Gasteiger partial charge in [0.15, 0.2) is 6.39 Å². The summed E-state index contributed by atoms with van der Waals surface area (Å²) >= 11 is 3.38. The standard InChI is InChI=1S/C10H9BrN2O/c1-12-10-9(13-6-14-10)7-2-4-8(11)5-3-7/h2-6,12H,1H3. The maximum absolute atomic E-state index is 5.16. The van der Waals surface area contributed by atoms with E-state index < -0.39 is 0 Å². The van der Waals surface area contributed by atoms with Crippen LogP contribution >= 0.6 is 15.9 Å². The smallest absolute Gasteiger partial charge is 0.221 e. The van der Waals surface area contributed by atoms with Gasteiger partial charge in [-0.2, -0.15) is 0 Å². The molecule has 0 unspecified atom stereocenters. The molecule has 4 heteroatoms. The topological polar surface area (TPSA) is 38.1 Å². The van der Waals surface area contributed by atoms with E-state index >= 15 is 0 Å². The Hall–Kier alpha value is -1.29. The minimum absolute atomic E-state index is 0.687. The van der Waals surface area contributed by atoms with Gasteiger partial charge in [0.25, 0.3) is 0 Å². The van der Waals surface area contributed by atoms with Crippen LogP contribution in [0.4, 0.5) is 5.88 Å². The monoisotopic (exact) mass is 252 g/mol. The van der Waals surface area contributed by atoms with Crippen molar-refractivity contribution in [3.8, 4) is 11.3 Å². The first-order valence-electron chi connectivity index (χ1n) is 4.18. The third-order valence-electron chi connectivity index (χ3n) is 1.91. The Morgan fingerprint density at radius 2 is 2.00 bits per heavy atom. The van der Waals surface area contributed by atoms with Gasteiger partial charge in [-0.25, -0.2) is 4.98 Å². The summed E-state index contributed by atoms with van der Waals surface area (Å²) in [7, 11) is 1.81. The first kappa shape index (κ1) is 9.27. The first-order chi connectivity index (χ1) is 6.81. The Balaban J connectivity index is 2.44. The second-order valence-corrected chi connectivity index (χ2v) is 3.70. The lowest BCUT2D eigenvalue weighted by molar-refractivity contribution is 0.573. The zero-order chi connectivity index (χ0) is 9.97. The van der Waals surface area contributed by atoms with E-state index in [2.05, 4.69) is 26.2 Å². The Morgan fingerprint density at radius 1 is 1.29 bits per heavy atom. The minimum atomic E-state index is 0.687. The number of anilines is 1. The second kappa shape index (κ2) is 3.84. The van der Waals surface area contributed by atoms with Crippen molar-refractivity contribution < 1.29 is 4.42 Å². The lowest BCUT2D eigenvalue weighted by atomic mass is 10.1. The molecule has 1 aromatic carbocycles. The fraction of sp³-hybridized carbons (Fsp3) is 0.100. The van der Waals surface area contributed by atoms with Crippen molar-refractivity contribution in [2.45, 2.75) is 0 Å². The molecular formula is C10H9BrN2O. The summed E-state index contributed by atoms with van der Waals surface area (Å²) in [5, 5.41) is 2.95. The predicted molar refractivity (Wildman–Crippen MR) is 59.2 cm³/mol. The average molecular weight is 253 g/mol. The molecule has 1 N–H and O–H groups in total. The Kier molecular flexibility index (Phi) is 2.54. The van der Waals surface area contributed by atoms with Gasteiger partial charge in [-0.1, -0.05) is 28.1 Å². The SMILES string of the molecule is CNc1ocnc1-c1ccc(Br)cc1. The number of rotatable bonds is 2. The number of hydrogen-bond donors (Lipinski definition) is 1. The normalized spacial score (nSPS) is 10.1. The quantitative estimate of drug-likeness (QED) is 0.893. The fourth-order valence-electron chi connectivity index (χ4n) is 1.24. The molecule has 0 aliphatic heterocycles. The maximum Gasteiger partial charge on any atom is 0.221 e. The van der Waals surface area contributed by atoms with Crippen molar-refractivity contribution in [1.82, 2.24) is 4.98 Å². The molecule has 0 saturated heterocycles. The summed E-state index contributed by atoms with van der Waals surface area (Å²) in [4.78, 5) is 4.14. The molecule has 0 aliphatic carbocycles. The molecule has 0 saturated carbocycles. The number of nitrogens with zero attached hydrogens (tertiary/aromatic N) is 1. The summed E-state index contributed by atoms with van der Waals surface area (Å²) in [6, 6.07) is 7.93. The van der Waals surface area contributed by atoms with E-state index in [0.717, 1.165) is 15.7 Å². The highest BCUT2D eigenvalue weighted by molar-refractivity contribution is 9.10. The summed E-state index contributed by atoms with van der Waals surface area (Å²) in [6.07, 6.45) is 1.43. The van der Waals surface area contributed by atoms with Crippen LogP contribution in [-0.4, -0.2) is 12.0 Å². The van der Waals surface area contributed by atoms with E-state index in [-0.39, 0.29) is 0 Å². The maximum atomic E-state index is 5.16. The molecule has 0 atom stereocenters. The average Bonchev–Trinajstić information content (AvgIpc) is 2.67. The first-order valence-corrected chi connectivity index (χ1v) is 4.97. The molecule has 0 aliphatic rings. The Morgan fingerprint density at radius 3 is 2.64 bits per heavy atom. The number of hydrogen-bond acceptors (Lipinski definition) is 3. The van der Waals surface area contributed by atoms with Crippen LogP contribution in [0.3, 0.4) is 0 Å². The molecule has 14 heavy (non-hydrogen) atoms. The van der Waals surface area contributed by atoms with Gasteiger partial charge >= 0.3 is 0 Å². The molecule has 72 valence electrons. The van der Waals surface area contributed by atoms with Gasteiger partial charge in [0.05, 0.1) is 0 Å². The Bertz CT molecular complexity index is 422. The molecule has 0 bridgehead atoms. The van der Waals surface area contributed by atoms with Crippen molar-refractivity contribution in [2.24, 2.45) is 0 Å². The number of nitrogens with one attached hydrogen (secondary N) is 1. The van der Waals surface area contributed by atoms with Gasteiger partial charge in [-0.3, -0.25) is 0 Å². The van der Waals surface area contributed by atoms with E-state index in [0.29, 0.717) is 5.88 Å². The van der Waals surface area contributed by atoms with Crippen molar-refractivity contribution in [3.05, 3.63) is 35.1 Å². The highest BCUT2D eigenvalue weighted by atomic mass is 79.9. The Labute approximate surface area is 90.3 Å². The minimum Gasteiger partial charge on any atom is -0.427 e. The van der Waals surface area contributed by atoms with Gasteiger partial charge in [-0.15, -0.1) is 0 Å². The molecule has 0 fully saturated rings. The highest BCUT2D eigenvalue weighted by Gasteiger charge is 2.07. The summed E-state index contributed by atoms with van der Waals surface area (Å²) in [6.45, 7) is 0. The number of halogens is 1. The van der Waals surface area contributed by atoms with Crippen LogP contribution in [0.15, 0.2) is 39.5 Å². The third-order valence-corrected chi connectivity index (χ3v) is 2.44. The van der Waals surface area contributed by atoms with Crippen LogP contribution in [0.2, 0.25) is 0 Å². The number of benzene rings is 1. The highest BCUT2D eigenvalue weighted by Crippen LogP contribution is 2.26. The van der Waals surface area contributed by atoms with Crippen molar-refractivity contribution in [3.63, 3.8) is 0 Å².